The summed E-state index contributed by atoms with van der Waals surface area (Å²) in [5.41, 5.74) is 0.191. The molecule has 1 aliphatic rings. The number of hydrogen-bond donors (Lipinski definition) is 0. The van der Waals surface area contributed by atoms with E-state index in [1.165, 1.54) is 0 Å². The summed E-state index contributed by atoms with van der Waals surface area (Å²) in [5.74, 6) is 0.828. The van der Waals surface area contributed by atoms with Gasteiger partial charge < -0.3 is 4.74 Å². The van der Waals surface area contributed by atoms with E-state index in [0.29, 0.717) is 11.4 Å². The number of ether oxygens (including phenoxy) is 1. The summed E-state index contributed by atoms with van der Waals surface area (Å²) < 4.78 is 5.58. The van der Waals surface area contributed by atoms with Gasteiger partial charge in [-0.15, -0.1) is 0 Å². The Bertz CT molecular complexity index is 396. The van der Waals surface area contributed by atoms with Gasteiger partial charge >= 0.3 is 0 Å². The zero-order valence-corrected chi connectivity index (χ0v) is 8.89. The van der Waals surface area contributed by atoms with Crippen LogP contribution in [0.25, 0.3) is 0 Å². The van der Waals surface area contributed by atoms with Gasteiger partial charge in [0.1, 0.15) is 5.75 Å². The number of Topliss-reactive ketones (excluding diaryl/α,β-unsaturated/α-hetero) is 1. The number of hydrogen-bond acceptors (Lipinski definition) is 2. The van der Waals surface area contributed by atoms with Crippen molar-refractivity contribution in [2.24, 2.45) is 0 Å². The molecule has 0 N–H and O–H groups in total. The molecule has 0 fully saturated rings. The molecule has 74 valence electrons. The quantitative estimate of drug-likeness (QED) is 0.658. The van der Waals surface area contributed by atoms with E-state index in [-0.39, 0.29) is 5.78 Å². The van der Waals surface area contributed by atoms with Crippen LogP contribution in [-0.4, -0.2) is 11.4 Å². The summed E-state index contributed by atoms with van der Waals surface area (Å²) in [4.78, 5) is 11.6. The Hall–Kier alpha value is -1.02. The molecular weight excluding hydrogens is 200 g/mol. The zero-order valence-electron chi connectivity index (χ0n) is 8.13. The molecular formula is C11H11ClO2. The summed E-state index contributed by atoms with van der Waals surface area (Å²) in [6, 6.07) is 5.37. The Morgan fingerprint density at radius 3 is 2.86 bits per heavy atom. The standard InChI is InChI=1S/C11H11ClO2/c1-11(2)10(13)5-7-3-4-8(12)6-9(7)14-11/h3-4,6H,5H2,1-2H3. The van der Waals surface area contributed by atoms with Gasteiger partial charge in [-0.05, 0) is 26.0 Å². The monoisotopic (exact) mass is 210 g/mol. The Kier molecular flexibility index (Phi) is 2.04. The molecule has 2 nitrogen and oxygen atoms in total. The van der Waals surface area contributed by atoms with Crippen molar-refractivity contribution in [3.63, 3.8) is 0 Å². The predicted molar refractivity (Wildman–Crippen MR) is 54.9 cm³/mol. The Morgan fingerprint density at radius 1 is 1.43 bits per heavy atom. The number of halogens is 1. The highest BCUT2D eigenvalue weighted by molar-refractivity contribution is 6.30. The average Bonchev–Trinajstić information content (AvgIpc) is 2.07. The topological polar surface area (TPSA) is 26.3 Å². The van der Waals surface area contributed by atoms with Crippen LogP contribution in [0.15, 0.2) is 18.2 Å². The van der Waals surface area contributed by atoms with Gasteiger partial charge in [0.2, 0.25) is 0 Å². The highest BCUT2D eigenvalue weighted by Gasteiger charge is 2.34. The maximum atomic E-state index is 11.6. The first-order valence-electron chi connectivity index (χ1n) is 4.50. The van der Waals surface area contributed by atoms with E-state index < -0.39 is 5.60 Å². The summed E-state index contributed by atoms with van der Waals surface area (Å²) >= 11 is 5.84. The van der Waals surface area contributed by atoms with Crippen molar-refractivity contribution in [3.8, 4) is 5.75 Å². The molecule has 0 radical (unpaired) electrons. The lowest BCUT2D eigenvalue weighted by Gasteiger charge is -2.31. The summed E-state index contributed by atoms with van der Waals surface area (Å²) in [6.07, 6.45) is 0.430. The van der Waals surface area contributed by atoms with Crippen LogP contribution in [0, 0.1) is 0 Å². The zero-order chi connectivity index (χ0) is 10.3. The molecule has 0 saturated carbocycles. The normalized spacial score (nSPS) is 18.6. The van der Waals surface area contributed by atoms with E-state index in [1.54, 1.807) is 26.0 Å². The van der Waals surface area contributed by atoms with Crippen LogP contribution in [0.4, 0.5) is 0 Å². The van der Waals surface area contributed by atoms with Crippen LogP contribution >= 0.6 is 11.6 Å². The van der Waals surface area contributed by atoms with E-state index in [9.17, 15) is 4.79 Å². The predicted octanol–water partition coefficient (Wildman–Crippen LogP) is 2.62. The Morgan fingerprint density at radius 2 is 2.14 bits per heavy atom. The third kappa shape index (κ3) is 1.50. The fourth-order valence-corrected chi connectivity index (χ4v) is 1.65. The average molecular weight is 211 g/mol. The first-order chi connectivity index (χ1) is 6.49. The fourth-order valence-electron chi connectivity index (χ4n) is 1.49. The Balaban J connectivity index is 2.46. The minimum atomic E-state index is -0.725. The maximum absolute atomic E-state index is 11.6. The lowest BCUT2D eigenvalue weighted by atomic mass is 9.93. The smallest absolute Gasteiger partial charge is 0.180 e. The second kappa shape index (κ2) is 2.99. The van der Waals surface area contributed by atoms with E-state index in [2.05, 4.69) is 0 Å². The summed E-state index contributed by atoms with van der Waals surface area (Å²) in [5, 5.41) is 0.633. The van der Waals surface area contributed by atoms with Crippen molar-refractivity contribution in [2.45, 2.75) is 25.9 Å². The summed E-state index contributed by atoms with van der Waals surface area (Å²) in [6.45, 7) is 3.55. The van der Waals surface area contributed by atoms with E-state index >= 15 is 0 Å². The minimum Gasteiger partial charge on any atom is -0.480 e. The van der Waals surface area contributed by atoms with E-state index in [4.69, 9.17) is 16.3 Å². The lowest BCUT2D eigenvalue weighted by Crippen LogP contribution is -2.42. The molecule has 0 aliphatic carbocycles. The third-order valence-corrected chi connectivity index (χ3v) is 2.65. The third-order valence-electron chi connectivity index (χ3n) is 2.42. The second-order valence-corrected chi connectivity index (χ2v) is 4.40. The molecule has 1 aliphatic heterocycles. The van der Waals surface area contributed by atoms with Gasteiger partial charge in [-0.25, -0.2) is 0 Å². The second-order valence-electron chi connectivity index (χ2n) is 3.96. The van der Waals surface area contributed by atoms with Crippen LogP contribution in [0.2, 0.25) is 5.02 Å². The molecule has 0 atom stereocenters. The van der Waals surface area contributed by atoms with Crippen LogP contribution in [0.1, 0.15) is 19.4 Å². The van der Waals surface area contributed by atoms with Crippen LogP contribution in [-0.2, 0) is 11.2 Å². The molecule has 2 rings (SSSR count). The molecule has 0 aromatic heterocycles. The fraction of sp³-hybridized carbons (Fsp3) is 0.364. The minimum absolute atomic E-state index is 0.104. The van der Waals surface area contributed by atoms with Crippen molar-refractivity contribution < 1.29 is 9.53 Å². The molecule has 1 aromatic carbocycles. The van der Waals surface area contributed by atoms with Crippen molar-refractivity contribution in [1.82, 2.24) is 0 Å². The Labute approximate surface area is 87.8 Å². The first kappa shape index (κ1) is 9.53. The highest BCUT2D eigenvalue weighted by atomic mass is 35.5. The highest BCUT2D eigenvalue weighted by Crippen LogP contribution is 2.32. The van der Waals surface area contributed by atoms with Crippen LogP contribution in [0.3, 0.4) is 0 Å². The van der Waals surface area contributed by atoms with Gasteiger partial charge in [0.05, 0.1) is 0 Å². The summed E-state index contributed by atoms with van der Waals surface area (Å²) in [7, 11) is 0. The number of carbonyl (C=O) groups excluding carboxylic acids is 1. The number of benzene rings is 1. The van der Waals surface area contributed by atoms with Gasteiger partial charge in [0, 0.05) is 17.0 Å². The van der Waals surface area contributed by atoms with E-state index in [1.807, 2.05) is 6.07 Å². The number of fused-ring (bicyclic) bond motifs is 1. The SMILES string of the molecule is CC1(C)Oc2cc(Cl)ccc2CC1=O. The molecule has 14 heavy (non-hydrogen) atoms. The molecule has 0 amide bonds. The van der Waals surface area contributed by atoms with Crippen LogP contribution in [0.5, 0.6) is 5.75 Å². The van der Waals surface area contributed by atoms with Gasteiger partial charge in [-0.3, -0.25) is 4.79 Å². The van der Waals surface area contributed by atoms with Gasteiger partial charge in [-0.2, -0.15) is 0 Å². The molecule has 0 bridgehead atoms. The van der Waals surface area contributed by atoms with Crippen molar-refractivity contribution in [1.29, 1.82) is 0 Å². The largest absolute Gasteiger partial charge is 0.480 e. The van der Waals surface area contributed by atoms with Gasteiger partial charge in [0.15, 0.2) is 11.4 Å². The van der Waals surface area contributed by atoms with E-state index in [0.717, 1.165) is 11.3 Å². The molecule has 0 unspecified atom stereocenters. The number of rotatable bonds is 0. The van der Waals surface area contributed by atoms with Crippen LogP contribution < -0.4 is 4.74 Å². The maximum Gasteiger partial charge on any atom is 0.180 e. The lowest BCUT2D eigenvalue weighted by molar-refractivity contribution is -0.132. The van der Waals surface area contributed by atoms with Crippen molar-refractivity contribution >= 4 is 17.4 Å². The first-order valence-corrected chi connectivity index (χ1v) is 4.87. The van der Waals surface area contributed by atoms with Crippen molar-refractivity contribution in [3.05, 3.63) is 28.8 Å². The molecule has 1 aromatic rings. The molecule has 1 heterocycles. The molecule has 0 spiro atoms. The van der Waals surface area contributed by atoms with Gasteiger partial charge in [-0.1, -0.05) is 17.7 Å². The number of ketones is 1. The molecule has 0 saturated heterocycles. The molecule has 3 heteroatoms. The number of carbonyl (C=O) groups is 1. The van der Waals surface area contributed by atoms with Gasteiger partial charge in [0.25, 0.3) is 0 Å². The van der Waals surface area contributed by atoms with Crippen molar-refractivity contribution in [2.75, 3.05) is 0 Å².